The van der Waals surface area contributed by atoms with Gasteiger partial charge in [0.05, 0.1) is 35.6 Å². The summed E-state index contributed by atoms with van der Waals surface area (Å²) >= 11 is 6.17. The normalized spacial score (nSPS) is 26.7. The van der Waals surface area contributed by atoms with Crippen LogP contribution < -0.4 is 15.2 Å². The maximum Gasteiger partial charge on any atom is 0.285 e. The van der Waals surface area contributed by atoms with Crippen molar-refractivity contribution in [2.45, 2.75) is 52.2 Å². The highest BCUT2D eigenvalue weighted by atomic mass is 35.5. The maximum atomic E-state index is 11.8. The van der Waals surface area contributed by atoms with Crippen LogP contribution in [0.15, 0.2) is 29.3 Å². The number of anilines is 1. The van der Waals surface area contributed by atoms with Crippen molar-refractivity contribution in [3.05, 3.63) is 51.3 Å². The smallest absolute Gasteiger partial charge is 0.285 e. The molecule has 3 aromatic rings. The van der Waals surface area contributed by atoms with Crippen LogP contribution in [0.1, 0.15) is 37.1 Å². The number of H-pyrrole nitrogens is 1. The molecule has 0 aromatic carbocycles. The Kier molecular flexibility index (Phi) is 4.94. The summed E-state index contributed by atoms with van der Waals surface area (Å²) in [6.07, 6.45) is 7.04. The van der Waals surface area contributed by atoms with Gasteiger partial charge >= 0.3 is 0 Å². The van der Waals surface area contributed by atoms with Gasteiger partial charge in [-0.25, -0.2) is 10.1 Å². The van der Waals surface area contributed by atoms with Gasteiger partial charge in [0, 0.05) is 43.0 Å². The highest BCUT2D eigenvalue weighted by Crippen LogP contribution is 2.73. The summed E-state index contributed by atoms with van der Waals surface area (Å²) in [5.41, 5.74) is 4.65. The van der Waals surface area contributed by atoms with Crippen molar-refractivity contribution in [2.75, 3.05) is 18.0 Å². The van der Waals surface area contributed by atoms with Crippen molar-refractivity contribution in [3.63, 3.8) is 0 Å². The first-order valence-electron chi connectivity index (χ1n) is 11.9. The Balaban J connectivity index is 1.17. The first-order valence-corrected chi connectivity index (χ1v) is 12.2. The Morgan fingerprint density at radius 1 is 1.34 bits per heavy atom. The Morgan fingerprint density at radius 2 is 2.14 bits per heavy atom. The largest absolute Gasteiger partial charge is 0.472 e. The third-order valence-corrected chi connectivity index (χ3v) is 8.18. The minimum absolute atomic E-state index is 0.0514. The average molecular weight is 492 g/mol. The molecule has 1 atom stereocenters. The number of hydrogen-bond acceptors (Lipinski definition) is 7. The van der Waals surface area contributed by atoms with E-state index in [1.54, 1.807) is 12.4 Å². The van der Waals surface area contributed by atoms with E-state index >= 15 is 0 Å². The van der Waals surface area contributed by atoms with Crippen LogP contribution in [0.4, 0.5) is 5.69 Å². The number of nitriles is 1. The molecule has 3 aromatic heterocycles. The first kappa shape index (κ1) is 22.1. The molecule has 0 unspecified atom stereocenters. The van der Waals surface area contributed by atoms with E-state index in [2.05, 4.69) is 32.9 Å². The van der Waals surface area contributed by atoms with Gasteiger partial charge in [-0.15, -0.1) is 0 Å². The molecular formula is C25H26ClN7O2. The third kappa shape index (κ3) is 3.59. The lowest BCUT2D eigenvalue weighted by atomic mass is 9.36. The van der Waals surface area contributed by atoms with E-state index < -0.39 is 5.56 Å². The molecule has 0 amide bonds. The fourth-order valence-corrected chi connectivity index (χ4v) is 6.52. The molecule has 4 aliphatic rings. The van der Waals surface area contributed by atoms with Gasteiger partial charge in [-0.2, -0.15) is 15.5 Å². The van der Waals surface area contributed by atoms with Gasteiger partial charge in [0.25, 0.3) is 5.56 Å². The Morgan fingerprint density at radius 3 is 2.91 bits per heavy atom. The quantitative estimate of drug-likeness (QED) is 0.560. The summed E-state index contributed by atoms with van der Waals surface area (Å²) in [6.45, 7) is 6.33. The van der Waals surface area contributed by atoms with E-state index in [4.69, 9.17) is 21.4 Å². The number of nitrogens with one attached hydrogen (secondary N) is 1. The first-order chi connectivity index (χ1) is 16.8. The van der Waals surface area contributed by atoms with Crippen molar-refractivity contribution in [2.24, 2.45) is 10.8 Å². The molecule has 7 rings (SSSR count). The summed E-state index contributed by atoms with van der Waals surface area (Å²) < 4.78 is 8.33. The highest BCUT2D eigenvalue weighted by molar-refractivity contribution is 6.33. The van der Waals surface area contributed by atoms with Crippen LogP contribution in [-0.2, 0) is 6.54 Å². The fraction of sp³-hybridized carbons (Fsp3) is 0.480. The van der Waals surface area contributed by atoms with Gasteiger partial charge < -0.3 is 9.64 Å². The molecule has 3 aliphatic carbocycles. The van der Waals surface area contributed by atoms with Gasteiger partial charge in [-0.05, 0) is 50.2 Å². The maximum absolute atomic E-state index is 11.8. The lowest BCUT2D eigenvalue weighted by Crippen LogP contribution is -2.62. The number of nitrogens with zero attached hydrogens (tertiary/aromatic N) is 6. The van der Waals surface area contributed by atoms with Crippen molar-refractivity contribution in [1.82, 2.24) is 25.0 Å². The van der Waals surface area contributed by atoms with Crippen molar-refractivity contribution in [3.8, 4) is 23.1 Å². The van der Waals surface area contributed by atoms with Gasteiger partial charge in [0.2, 0.25) is 5.88 Å². The summed E-state index contributed by atoms with van der Waals surface area (Å²) in [7, 11) is 0. The number of ether oxygens (including phenoxy) is 1. The van der Waals surface area contributed by atoms with E-state index in [0.29, 0.717) is 18.1 Å². The summed E-state index contributed by atoms with van der Waals surface area (Å²) in [5, 5.41) is 20.5. The summed E-state index contributed by atoms with van der Waals surface area (Å²) in [4.78, 5) is 18.2. The van der Waals surface area contributed by atoms with Crippen LogP contribution in [0.2, 0.25) is 5.02 Å². The van der Waals surface area contributed by atoms with Gasteiger partial charge in [-0.3, -0.25) is 9.48 Å². The second-order valence-electron chi connectivity index (χ2n) is 10.4. The highest BCUT2D eigenvalue weighted by Gasteiger charge is 2.68. The molecule has 0 radical (unpaired) electrons. The van der Waals surface area contributed by atoms with Crippen molar-refractivity contribution < 1.29 is 4.74 Å². The Labute approximate surface area is 207 Å². The van der Waals surface area contributed by atoms with Crippen molar-refractivity contribution >= 4 is 17.3 Å². The van der Waals surface area contributed by atoms with Gasteiger partial charge in [0.15, 0.2) is 0 Å². The van der Waals surface area contributed by atoms with Crippen LogP contribution in [0.25, 0.3) is 11.1 Å². The molecule has 180 valence electrons. The molecule has 4 heterocycles. The molecular weight excluding hydrogens is 466 g/mol. The average Bonchev–Trinajstić information content (AvgIpc) is 3.35. The zero-order valence-corrected chi connectivity index (χ0v) is 20.5. The predicted octanol–water partition coefficient (Wildman–Crippen LogP) is 3.65. The lowest BCUT2D eigenvalue weighted by Gasteiger charge is -2.67. The van der Waals surface area contributed by atoms with Crippen molar-refractivity contribution in [1.29, 1.82) is 5.26 Å². The standard InChI is InChI=1S/C25H26ClN7O2/c1-15-21(16(2)33(31-15)14-25-10-24(11-25,12-25)13-27)17-3-5-28-20(7-17)35-18-4-6-32(9-18)19-8-29-30-23(34)22(19)26/h3,5,7-8,18H,4,6,9-12,14H2,1-2H3,(H,30,34)/t18-,24?,25?/m1/s1. The van der Waals surface area contributed by atoms with Gasteiger partial charge in [-0.1, -0.05) is 11.6 Å². The minimum atomic E-state index is -0.396. The predicted molar refractivity (Wildman–Crippen MR) is 130 cm³/mol. The van der Waals surface area contributed by atoms with Crippen LogP contribution in [0.3, 0.4) is 0 Å². The second-order valence-corrected chi connectivity index (χ2v) is 10.8. The number of aromatic amines is 1. The molecule has 3 saturated carbocycles. The summed E-state index contributed by atoms with van der Waals surface area (Å²) in [6, 6.07) is 6.44. The van der Waals surface area contributed by atoms with Crippen LogP contribution >= 0.6 is 11.6 Å². The van der Waals surface area contributed by atoms with E-state index in [1.165, 1.54) is 0 Å². The van der Waals surface area contributed by atoms with Crippen LogP contribution in [0.5, 0.6) is 5.88 Å². The second kappa shape index (κ2) is 7.82. The number of hydrogen-bond donors (Lipinski definition) is 1. The molecule has 10 heteroatoms. The Bertz CT molecular complexity index is 1400. The molecule has 0 spiro atoms. The molecule has 35 heavy (non-hydrogen) atoms. The number of pyridine rings is 1. The van der Waals surface area contributed by atoms with E-state index in [1.807, 2.05) is 24.0 Å². The lowest BCUT2D eigenvalue weighted by molar-refractivity contribution is -0.174. The minimum Gasteiger partial charge on any atom is -0.472 e. The van der Waals surface area contributed by atoms with Crippen LogP contribution in [0, 0.1) is 36.0 Å². The number of aryl methyl sites for hydroxylation is 1. The molecule has 1 saturated heterocycles. The topological polar surface area (TPSA) is 113 Å². The van der Waals surface area contributed by atoms with Crippen LogP contribution in [-0.4, -0.2) is 44.2 Å². The number of rotatable bonds is 6. The summed E-state index contributed by atoms with van der Waals surface area (Å²) in [5.74, 6) is 0.561. The zero-order chi connectivity index (χ0) is 24.4. The van der Waals surface area contributed by atoms with E-state index in [9.17, 15) is 10.1 Å². The molecule has 9 nitrogen and oxygen atoms in total. The molecule has 1 N–H and O–H groups in total. The monoisotopic (exact) mass is 491 g/mol. The molecule has 4 fully saturated rings. The van der Waals surface area contributed by atoms with Gasteiger partial charge in [0.1, 0.15) is 11.1 Å². The fourth-order valence-electron chi connectivity index (χ4n) is 6.31. The van der Waals surface area contributed by atoms with E-state index in [-0.39, 0.29) is 22.0 Å². The third-order valence-electron chi connectivity index (χ3n) is 7.82. The SMILES string of the molecule is Cc1nn(CC23CC(C#N)(C2)C3)c(C)c1-c1ccnc(O[C@@H]2CCN(c3cn[nH]c(=O)c3Cl)C2)c1. The van der Waals surface area contributed by atoms with E-state index in [0.717, 1.165) is 61.3 Å². The number of halogens is 1. The number of aromatic nitrogens is 5. The molecule has 2 bridgehead atoms. The molecule has 1 aliphatic heterocycles. The zero-order valence-electron chi connectivity index (χ0n) is 19.7. The Hall–Kier alpha value is -3.38.